The lowest BCUT2D eigenvalue weighted by atomic mass is 10.2. The fraction of sp³-hybridized carbons (Fsp3) is 0.143. The van der Waals surface area contributed by atoms with Gasteiger partial charge in [0.15, 0.2) is 10.6 Å². The summed E-state index contributed by atoms with van der Waals surface area (Å²) in [5.74, 6) is 0.847. The molecule has 0 fully saturated rings. The molecule has 0 aliphatic rings. The van der Waals surface area contributed by atoms with Crippen molar-refractivity contribution >= 4 is 29.2 Å². The number of nitrogens with zero attached hydrogens (tertiary/aromatic N) is 3. The Morgan fingerprint density at radius 3 is 2.70 bits per heavy atom. The van der Waals surface area contributed by atoms with Gasteiger partial charge in [-0.1, -0.05) is 18.2 Å². The third kappa shape index (κ3) is 2.17. The third-order valence-electron chi connectivity index (χ3n) is 3.02. The Balaban J connectivity index is 2.26. The molecule has 0 atom stereocenters. The molecule has 0 bridgehead atoms. The van der Waals surface area contributed by atoms with Crippen molar-refractivity contribution in [3.63, 3.8) is 0 Å². The molecular weight excluding hydrogens is 288 g/mol. The first-order valence-electron chi connectivity index (χ1n) is 6.16. The molecule has 0 saturated carbocycles. The van der Waals surface area contributed by atoms with E-state index in [4.69, 9.17) is 12.2 Å². The summed E-state index contributed by atoms with van der Waals surface area (Å²) in [6, 6.07) is 12.2. The van der Waals surface area contributed by atoms with Gasteiger partial charge in [0.05, 0.1) is 16.3 Å². The van der Waals surface area contributed by atoms with E-state index in [9.17, 15) is 0 Å². The molecule has 0 unspecified atom stereocenters. The Kier molecular flexibility index (Phi) is 3.42. The Morgan fingerprint density at radius 2 is 2.00 bits per heavy atom. The second-order valence-corrected chi connectivity index (χ2v) is 5.88. The van der Waals surface area contributed by atoms with Gasteiger partial charge in [0, 0.05) is 14.1 Å². The van der Waals surface area contributed by atoms with E-state index >= 15 is 0 Å². The highest BCUT2D eigenvalue weighted by Crippen LogP contribution is 2.29. The molecule has 3 aromatic rings. The molecule has 0 saturated heterocycles. The summed E-state index contributed by atoms with van der Waals surface area (Å²) in [6.45, 7) is 0. The molecule has 2 aromatic heterocycles. The van der Waals surface area contributed by atoms with Gasteiger partial charge < -0.3 is 4.90 Å². The van der Waals surface area contributed by atoms with Gasteiger partial charge in [-0.15, -0.1) is 11.3 Å². The highest BCUT2D eigenvalue weighted by molar-refractivity contribution is 7.71. The Hall–Kier alpha value is -1.92. The van der Waals surface area contributed by atoms with E-state index in [1.165, 1.54) is 0 Å². The van der Waals surface area contributed by atoms with Gasteiger partial charge in [-0.3, -0.25) is 9.67 Å². The molecule has 0 amide bonds. The first kappa shape index (κ1) is 13.1. The lowest BCUT2D eigenvalue weighted by molar-refractivity contribution is 1.01. The maximum atomic E-state index is 5.41. The SMILES string of the molecule is CN(C)c1ccccc1-n1c(-c2cccs2)n[nH]c1=S. The van der Waals surface area contributed by atoms with Gasteiger partial charge in [0.1, 0.15) is 0 Å². The van der Waals surface area contributed by atoms with Crippen LogP contribution in [0.3, 0.4) is 0 Å². The van der Waals surface area contributed by atoms with Crippen LogP contribution in [0.5, 0.6) is 0 Å². The van der Waals surface area contributed by atoms with Gasteiger partial charge in [-0.25, -0.2) is 0 Å². The molecule has 20 heavy (non-hydrogen) atoms. The van der Waals surface area contributed by atoms with Crippen LogP contribution in [0.15, 0.2) is 41.8 Å². The van der Waals surface area contributed by atoms with E-state index in [1.807, 2.05) is 48.3 Å². The van der Waals surface area contributed by atoms with Crippen molar-refractivity contribution in [2.24, 2.45) is 0 Å². The first-order chi connectivity index (χ1) is 9.68. The zero-order chi connectivity index (χ0) is 14.1. The van der Waals surface area contributed by atoms with E-state index in [-0.39, 0.29) is 0 Å². The summed E-state index contributed by atoms with van der Waals surface area (Å²) < 4.78 is 2.58. The normalized spacial score (nSPS) is 10.7. The minimum absolute atomic E-state index is 0.600. The van der Waals surface area contributed by atoms with E-state index in [1.54, 1.807) is 11.3 Å². The van der Waals surface area contributed by atoms with Crippen LogP contribution in [0, 0.1) is 4.77 Å². The van der Waals surface area contributed by atoms with Crippen LogP contribution >= 0.6 is 23.6 Å². The van der Waals surface area contributed by atoms with Crippen LogP contribution in [0.25, 0.3) is 16.4 Å². The van der Waals surface area contributed by atoms with E-state index < -0.39 is 0 Å². The van der Waals surface area contributed by atoms with Gasteiger partial charge in [0.2, 0.25) is 0 Å². The Bertz CT molecular complexity index is 769. The quantitative estimate of drug-likeness (QED) is 0.749. The lowest BCUT2D eigenvalue weighted by Gasteiger charge is -2.18. The molecule has 1 N–H and O–H groups in total. The van der Waals surface area contributed by atoms with Gasteiger partial charge in [0.25, 0.3) is 0 Å². The monoisotopic (exact) mass is 302 g/mol. The van der Waals surface area contributed by atoms with Gasteiger partial charge >= 0.3 is 0 Å². The Morgan fingerprint density at radius 1 is 1.20 bits per heavy atom. The number of anilines is 1. The molecule has 0 aliphatic heterocycles. The second-order valence-electron chi connectivity index (χ2n) is 4.55. The van der Waals surface area contributed by atoms with Crippen molar-refractivity contribution in [1.29, 1.82) is 0 Å². The van der Waals surface area contributed by atoms with Crippen molar-refractivity contribution in [2.75, 3.05) is 19.0 Å². The zero-order valence-corrected chi connectivity index (χ0v) is 12.8. The third-order valence-corrected chi connectivity index (χ3v) is 4.16. The number of hydrogen-bond donors (Lipinski definition) is 1. The topological polar surface area (TPSA) is 36.9 Å². The van der Waals surface area contributed by atoms with Crippen LogP contribution in [-0.2, 0) is 0 Å². The largest absolute Gasteiger partial charge is 0.376 e. The van der Waals surface area contributed by atoms with Crippen molar-refractivity contribution in [3.05, 3.63) is 46.5 Å². The number of benzene rings is 1. The average Bonchev–Trinajstić information content (AvgIpc) is 3.07. The predicted octanol–water partition coefficient (Wildman–Crippen LogP) is 3.72. The molecule has 6 heteroatoms. The van der Waals surface area contributed by atoms with Crippen molar-refractivity contribution < 1.29 is 0 Å². The van der Waals surface area contributed by atoms with Crippen molar-refractivity contribution in [1.82, 2.24) is 14.8 Å². The molecule has 1 aromatic carbocycles. The summed E-state index contributed by atoms with van der Waals surface area (Å²) in [5.41, 5.74) is 2.13. The molecule has 0 radical (unpaired) electrons. The molecule has 0 aliphatic carbocycles. The standard InChI is InChI=1S/C14H14N4S2/c1-17(2)10-6-3-4-7-11(10)18-13(15-16-14(18)19)12-8-5-9-20-12/h3-9H,1-2H3,(H,16,19). The zero-order valence-electron chi connectivity index (χ0n) is 11.2. The van der Waals surface area contributed by atoms with Crippen LogP contribution in [0.2, 0.25) is 0 Å². The summed E-state index contributed by atoms with van der Waals surface area (Å²) in [7, 11) is 4.04. The van der Waals surface area contributed by atoms with E-state index in [2.05, 4.69) is 27.2 Å². The van der Waals surface area contributed by atoms with Crippen molar-refractivity contribution in [2.45, 2.75) is 0 Å². The van der Waals surface area contributed by atoms with Crippen LogP contribution in [0.4, 0.5) is 5.69 Å². The highest BCUT2D eigenvalue weighted by Gasteiger charge is 2.14. The second kappa shape index (κ2) is 5.22. The number of H-pyrrole nitrogens is 1. The molecule has 102 valence electrons. The highest BCUT2D eigenvalue weighted by atomic mass is 32.1. The van der Waals surface area contributed by atoms with Crippen LogP contribution < -0.4 is 4.90 Å². The molecule has 2 heterocycles. The van der Waals surface area contributed by atoms with E-state index in [0.717, 1.165) is 22.1 Å². The molecule has 4 nitrogen and oxygen atoms in total. The maximum absolute atomic E-state index is 5.41. The lowest BCUT2D eigenvalue weighted by Crippen LogP contribution is -2.12. The fourth-order valence-corrected chi connectivity index (χ4v) is 3.06. The Labute approximate surface area is 126 Å². The number of para-hydroxylation sites is 2. The summed E-state index contributed by atoms with van der Waals surface area (Å²) in [6.07, 6.45) is 0. The first-order valence-corrected chi connectivity index (χ1v) is 7.45. The predicted molar refractivity (Wildman–Crippen MR) is 86.4 cm³/mol. The number of nitrogens with one attached hydrogen (secondary N) is 1. The minimum atomic E-state index is 0.600. The number of rotatable bonds is 3. The molecule has 0 spiro atoms. The summed E-state index contributed by atoms with van der Waals surface area (Å²) in [4.78, 5) is 3.16. The van der Waals surface area contributed by atoms with Gasteiger partial charge in [-0.2, -0.15) is 5.10 Å². The molecule has 3 rings (SSSR count). The fourth-order valence-electron chi connectivity index (χ4n) is 2.12. The van der Waals surface area contributed by atoms with Gasteiger partial charge in [-0.05, 0) is 35.8 Å². The summed E-state index contributed by atoms with van der Waals surface area (Å²) >= 11 is 7.06. The number of aromatic amines is 1. The molecular formula is C14H14N4S2. The number of hydrogen-bond acceptors (Lipinski definition) is 4. The summed E-state index contributed by atoms with van der Waals surface area (Å²) in [5, 5.41) is 9.30. The number of aromatic nitrogens is 3. The van der Waals surface area contributed by atoms with Crippen molar-refractivity contribution in [3.8, 4) is 16.4 Å². The maximum Gasteiger partial charge on any atom is 0.200 e. The average molecular weight is 302 g/mol. The smallest absolute Gasteiger partial charge is 0.200 e. The minimum Gasteiger partial charge on any atom is -0.376 e. The number of thiophene rings is 1. The van der Waals surface area contributed by atoms with Crippen LogP contribution in [-0.4, -0.2) is 28.9 Å². The van der Waals surface area contributed by atoms with Crippen LogP contribution in [0.1, 0.15) is 0 Å². The van der Waals surface area contributed by atoms with E-state index in [0.29, 0.717) is 4.77 Å².